The number of aliphatic hydroxyl groups excluding tert-OH is 1. The molecule has 2 unspecified atom stereocenters. The van der Waals surface area contributed by atoms with Crippen LogP contribution in [0.15, 0.2) is 30.5 Å². The number of benzene rings is 1. The van der Waals surface area contributed by atoms with Gasteiger partial charge in [0.15, 0.2) is 0 Å². The van der Waals surface area contributed by atoms with E-state index in [2.05, 4.69) is 10.3 Å². The molecule has 1 aromatic heterocycles. The van der Waals surface area contributed by atoms with Crippen molar-refractivity contribution in [2.75, 3.05) is 6.54 Å². The molecule has 5 heteroatoms. The number of hydrogen-bond acceptors (Lipinski definition) is 3. The third-order valence-electron chi connectivity index (χ3n) is 4.22. The lowest BCUT2D eigenvalue weighted by Crippen LogP contribution is -2.33. The molecular formula is C17H19ClN2O2. The maximum atomic E-state index is 12.5. The van der Waals surface area contributed by atoms with Gasteiger partial charge in [0.05, 0.1) is 17.2 Å². The lowest BCUT2D eigenvalue weighted by Gasteiger charge is -2.25. The highest BCUT2D eigenvalue weighted by atomic mass is 35.5. The van der Waals surface area contributed by atoms with Crippen molar-refractivity contribution >= 4 is 28.4 Å². The zero-order valence-electron chi connectivity index (χ0n) is 12.3. The first kappa shape index (κ1) is 15.3. The summed E-state index contributed by atoms with van der Waals surface area (Å²) in [5.41, 5.74) is 1.16. The Kier molecular flexibility index (Phi) is 4.60. The monoisotopic (exact) mass is 318 g/mol. The van der Waals surface area contributed by atoms with Crippen LogP contribution in [0.25, 0.3) is 10.9 Å². The normalized spacial score (nSPS) is 21.7. The molecule has 22 heavy (non-hydrogen) atoms. The van der Waals surface area contributed by atoms with Crippen LogP contribution in [0.5, 0.6) is 0 Å². The molecule has 1 aliphatic carbocycles. The fraction of sp³-hybridized carbons (Fsp3) is 0.412. The van der Waals surface area contributed by atoms with Crippen molar-refractivity contribution in [2.45, 2.75) is 31.8 Å². The van der Waals surface area contributed by atoms with Crippen molar-refractivity contribution in [3.63, 3.8) is 0 Å². The van der Waals surface area contributed by atoms with Gasteiger partial charge in [-0.2, -0.15) is 0 Å². The zero-order valence-corrected chi connectivity index (χ0v) is 13.0. The van der Waals surface area contributed by atoms with Gasteiger partial charge < -0.3 is 10.4 Å². The Morgan fingerprint density at radius 1 is 1.41 bits per heavy atom. The van der Waals surface area contributed by atoms with Crippen LogP contribution < -0.4 is 5.32 Å². The van der Waals surface area contributed by atoms with E-state index in [4.69, 9.17) is 11.6 Å². The first-order valence-electron chi connectivity index (χ1n) is 7.64. The highest BCUT2D eigenvalue weighted by Gasteiger charge is 2.21. The molecule has 0 radical (unpaired) electrons. The van der Waals surface area contributed by atoms with Crippen LogP contribution >= 0.6 is 11.6 Å². The number of rotatable bonds is 3. The van der Waals surface area contributed by atoms with E-state index in [1.807, 2.05) is 12.1 Å². The molecule has 1 fully saturated rings. The van der Waals surface area contributed by atoms with E-state index < -0.39 is 0 Å². The summed E-state index contributed by atoms with van der Waals surface area (Å²) in [5, 5.41) is 14.0. The Morgan fingerprint density at radius 3 is 3.09 bits per heavy atom. The SMILES string of the molecule is O=C(NCC1CCCC(O)C1)c1cc(Cl)cc2cccnc12. The Labute approximate surface area is 134 Å². The highest BCUT2D eigenvalue weighted by molar-refractivity contribution is 6.32. The van der Waals surface area contributed by atoms with Gasteiger partial charge in [0, 0.05) is 23.2 Å². The molecule has 1 heterocycles. The van der Waals surface area contributed by atoms with Crippen LogP contribution in [-0.4, -0.2) is 28.6 Å². The smallest absolute Gasteiger partial charge is 0.253 e. The van der Waals surface area contributed by atoms with E-state index in [1.54, 1.807) is 18.3 Å². The Morgan fingerprint density at radius 2 is 2.27 bits per heavy atom. The Bertz CT molecular complexity index is 689. The summed E-state index contributed by atoms with van der Waals surface area (Å²) in [4.78, 5) is 16.8. The summed E-state index contributed by atoms with van der Waals surface area (Å²) in [6, 6.07) is 7.17. The van der Waals surface area contributed by atoms with E-state index >= 15 is 0 Å². The predicted octanol–water partition coefficient (Wildman–Crippen LogP) is 3.17. The van der Waals surface area contributed by atoms with E-state index in [1.165, 1.54) is 0 Å². The van der Waals surface area contributed by atoms with Gasteiger partial charge in [0.1, 0.15) is 0 Å². The fourth-order valence-electron chi connectivity index (χ4n) is 3.11. The molecule has 1 aliphatic rings. The van der Waals surface area contributed by atoms with Crippen molar-refractivity contribution < 1.29 is 9.90 Å². The number of amides is 1. The van der Waals surface area contributed by atoms with Crippen molar-refractivity contribution in [3.05, 3.63) is 41.0 Å². The number of aromatic nitrogens is 1. The van der Waals surface area contributed by atoms with Crippen LogP contribution in [0.4, 0.5) is 0 Å². The van der Waals surface area contributed by atoms with Crippen molar-refractivity contribution in [1.29, 1.82) is 0 Å². The molecule has 116 valence electrons. The molecule has 0 aliphatic heterocycles. The molecule has 1 amide bonds. The van der Waals surface area contributed by atoms with Gasteiger partial charge >= 0.3 is 0 Å². The Balaban J connectivity index is 1.75. The van der Waals surface area contributed by atoms with Crippen molar-refractivity contribution in [3.8, 4) is 0 Å². The van der Waals surface area contributed by atoms with Crippen molar-refractivity contribution in [1.82, 2.24) is 10.3 Å². The molecule has 1 saturated carbocycles. The summed E-state index contributed by atoms with van der Waals surface area (Å²) in [7, 11) is 0. The number of aliphatic hydroxyl groups is 1. The van der Waals surface area contributed by atoms with Crippen LogP contribution in [0.1, 0.15) is 36.0 Å². The molecule has 0 saturated heterocycles. The second-order valence-electron chi connectivity index (χ2n) is 5.92. The second-order valence-corrected chi connectivity index (χ2v) is 6.36. The van der Waals surface area contributed by atoms with Crippen LogP contribution in [0.3, 0.4) is 0 Å². The third kappa shape index (κ3) is 3.39. The number of hydrogen-bond donors (Lipinski definition) is 2. The average Bonchev–Trinajstić information content (AvgIpc) is 2.52. The maximum Gasteiger partial charge on any atom is 0.253 e. The number of nitrogens with zero attached hydrogens (tertiary/aromatic N) is 1. The van der Waals surface area contributed by atoms with Gasteiger partial charge in [-0.1, -0.05) is 24.1 Å². The summed E-state index contributed by atoms with van der Waals surface area (Å²) < 4.78 is 0. The minimum atomic E-state index is -0.232. The molecule has 0 bridgehead atoms. The van der Waals surface area contributed by atoms with Crippen LogP contribution in [-0.2, 0) is 0 Å². The lowest BCUT2D eigenvalue weighted by atomic mass is 9.87. The molecule has 0 spiro atoms. The van der Waals surface area contributed by atoms with Crippen molar-refractivity contribution in [2.24, 2.45) is 5.92 Å². The van der Waals surface area contributed by atoms with E-state index in [-0.39, 0.29) is 12.0 Å². The first-order chi connectivity index (χ1) is 10.6. The number of carbonyl (C=O) groups excluding carboxylic acids is 1. The quantitative estimate of drug-likeness (QED) is 0.913. The van der Waals surface area contributed by atoms with Gasteiger partial charge in [-0.3, -0.25) is 9.78 Å². The van der Waals surface area contributed by atoms with Gasteiger partial charge in [-0.15, -0.1) is 0 Å². The summed E-state index contributed by atoms with van der Waals surface area (Å²) in [6.07, 6.45) is 5.13. The summed E-state index contributed by atoms with van der Waals surface area (Å²) in [6.45, 7) is 0.580. The number of nitrogens with one attached hydrogen (secondary N) is 1. The summed E-state index contributed by atoms with van der Waals surface area (Å²) in [5.74, 6) is 0.178. The maximum absolute atomic E-state index is 12.5. The molecule has 2 aromatic rings. The van der Waals surface area contributed by atoms with E-state index in [9.17, 15) is 9.90 Å². The number of halogens is 1. The number of pyridine rings is 1. The fourth-order valence-corrected chi connectivity index (χ4v) is 3.34. The summed E-state index contributed by atoms with van der Waals surface area (Å²) >= 11 is 6.10. The molecule has 2 atom stereocenters. The lowest BCUT2D eigenvalue weighted by molar-refractivity contribution is 0.0875. The predicted molar refractivity (Wildman–Crippen MR) is 87.1 cm³/mol. The van der Waals surface area contributed by atoms with Gasteiger partial charge in [-0.05, 0) is 43.4 Å². The number of fused-ring (bicyclic) bond motifs is 1. The molecule has 3 rings (SSSR count). The average molecular weight is 319 g/mol. The van der Waals surface area contributed by atoms with Gasteiger partial charge in [-0.25, -0.2) is 0 Å². The molecule has 4 nitrogen and oxygen atoms in total. The number of carbonyl (C=O) groups is 1. The molecular weight excluding hydrogens is 300 g/mol. The Hall–Kier alpha value is -1.65. The topological polar surface area (TPSA) is 62.2 Å². The first-order valence-corrected chi connectivity index (χ1v) is 8.02. The largest absolute Gasteiger partial charge is 0.393 e. The van der Waals surface area contributed by atoms with Crippen LogP contribution in [0, 0.1) is 5.92 Å². The minimum Gasteiger partial charge on any atom is -0.393 e. The molecule has 2 N–H and O–H groups in total. The highest BCUT2D eigenvalue weighted by Crippen LogP contribution is 2.25. The van der Waals surface area contributed by atoms with Crippen LogP contribution in [0.2, 0.25) is 5.02 Å². The van der Waals surface area contributed by atoms with Gasteiger partial charge in [0.25, 0.3) is 5.91 Å². The standard InChI is InChI=1S/C17H19ClN2O2/c18-13-8-12-4-2-6-19-16(12)15(9-13)17(22)20-10-11-3-1-5-14(21)7-11/h2,4,6,8-9,11,14,21H,1,3,5,7,10H2,(H,20,22). The molecule has 1 aromatic carbocycles. The zero-order chi connectivity index (χ0) is 15.5. The van der Waals surface area contributed by atoms with Gasteiger partial charge in [0.2, 0.25) is 0 Å². The van der Waals surface area contributed by atoms with E-state index in [0.29, 0.717) is 28.6 Å². The third-order valence-corrected chi connectivity index (χ3v) is 4.44. The second kappa shape index (κ2) is 6.63. The van der Waals surface area contributed by atoms with E-state index in [0.717, 1.165) is 31.1 Å². The minimum absolute atomic E-state index is 0.161.